The zero-order valence-corrected chi connectivity index (χ0v) is 13.6. The Morgan fingerprint density at radius 3 is 2.95 bits per heavy atom. The highest BCUT2D eigenvalue weighted by molar-refractivity contribution is 9.10. The van der Waals surface area contributed by atoms with E-state index in [1.54, 1.807) is 6.07 Å². The van der Waals surface area contributed by atoms with Crippen LogP contribution in [0.5, 0.6) is 0 Å². The van der Waals surface area contributed by atoms with Crippen LogP contribution < -0.4 is 5.32 Å². The molecule has 108 valence electrons. The highest BCUT2D eigenvalue weighted by atomic mass is 79.9. The van der Waals surface area contributed by atoms with E-state index in [0.717, 1.165) is 29.7 Å². The fourth-order valence-corrected chi connectivity index (χ4v) is 2.95. The van der Waals surface area contributed by atoms with Crippen LogP contribution in [0.2, 0.25) is 0 Å². The molecule has 0 aliphatic carbocycles. The molecular weight excluding hydrogens is 331 g/mol. The lowest BCUT2D eigenvalue weighted by Crippen LogP contribution is -2.36. The molecule has 0 saturated carbocycles. The van der Waals surface area contributed by atoms with Crippen molar-refractivity contribution in [3.63, 3.8) is 0 Å². The minimum absolute atomic E-state index is 0. The van der Waals surface area contributed by atoms with Crippen molar-refractivity contribution in [3.05, 3.63) is 34.1 Å². The molecule has 1 atom stereocenters. The van der Waals surface area contributed by atoms with E-state index >= 15 is 0 Å². The average Bonchev–Trinajstić information content (AvgIpc) is 2.35. The van der Waals surface area contributed by atoms with Crippen molar-refractivity contribution < 1.29 is 4.39 Å². The van der Waals surface area contributed by atoms with Crippen LogP contribution in [0.4, 0.5) is 4.39 Å². The Hall–Kier alpha value is -0.160. The molecule has 0 spiro atoms. The largest absolute Gasteiger partial charge is 0.316 e. The van der Waals surface area contributed by atoms with Crippen molar-refractivity contribution in [2.24, 2.45) is 5.92 Å². The van der Waals surface area contributed by atoms with Gasteiger partial charge in [0.15, 0.2) is 0 Å². The lowest BCUT2D eigenvalue weighted by molar-refractivity contribution is 0.235. The number of nitrogens with one attached hydrogen (secondary N) is 1. The predicted molar refractivity (Wildman–Crippen MR) is 83.3 cm³/mol. The van der Waals surface area contributed by atoms with Crippen molar-refractivity contribution >= 4 is 28.3 Å². The molecule has 5 heteroatoms. The molecule has 19 heavy (non-hydrogen) atoms. The zero-order chi connectivity index (χ0) is 13.0. The summed E-state index contributed by atoms with van der Waals surface area (Å²) in [7, 11) is 2.06. The Bertz CT molecular complexity index is 397. The van der Waals surface area contributed by atoms with Gasteiger partial charge in [-0.05, 0) is 57.1 Å². The van der Waals surface area contributed by atoms with Crippen molar-refractivity contribution in [3.8, 4) is 0 Å². The zero-order valence-electron chi connectivity index (χ0n) is 11.2. The summed E-state index contributed by atoms with van der Waals surface area (Å²) in [6.45, 7) is 3.92. The Balaban J connectivity index is 0.00000180. The Morgan fingerprint density at radius 2 is 2.26 bits per heavy atom. The second-order valence-electron chi connectivity index (χ2n) is 5.14. The quantitative estimate of drug-likeness (QED) is 0.894. The maximum absolute atomic E-state index is 13.6. The summed E-state index contributed by atoms with van der Waals surface area (Å²) >= 11 is 3.39. The van der Waals surface area contributed by atoms with Crippen molar-refractivity contribution in [2.75, 3.05) is 26.7 Å². The fourth-order valence-electron chi connectivity index (χ4n) is 2.54. The number of hydrogen-bond acceptors (Lipinski definition) is 2. The van der Waals surface area contributed by atoms with Gasteiger partial charge in [0.1, 0.15) is 5.82 Å². The molecule has 0 aromatic heterocycles. The van der Waals surface area contributed by atoms with Gasteiger partial charge in [0.05, 0.1) is 0 Å². The summed E-state index contributed by atoms with van der Waals surface area (Å²) in [4.78, 5) is 2.21. The van der Waals surface area contributed by atoms with Gasteiger partial charge in [-0.3, -0.25) is 0 Å². The molecule has 1 aromatic rings. The summed E-state index contributed by atoms with van der Waals surface area (Å²) in [6.07, 6.45) is 2.53. The third-order valence-corrected chi connectivity index (χ3v) is 3.91. The Morgan fingerprint density at radius 1 is 1.47 bits per heavy atom. The van der Waals surface area contributed by atoms with E-state index in [4.69, 9.17) is 0 Å². The van der Waals surface area contributed by atoms with Gasteiger partial charge in [-0.2, -0.15) is 0 Å². The maximum Gasteiger partial charge on any atom is 0.127 e. The van der Waals surface area contributed by atoms with Crippen LogP contribution in [0.25, 0.3) is 0 Å². The molecule has 1 aliphatic heterocycles. The van der Waals surface area contributed by atoms with E-state index in [2.05, 4.69) is 33.2 Å². The maximum atomic E-state index is 13.6. The molecule has 1 fully saturated rings. The highest BCUT2D eigenvalue weighted by Gasteiger charge is 2.15. The first-order valence-corrected chi connectivity index (χ1v) is 7.27. The number of hydrogen-bond donors (Lipinski definition) is 1. The van der Waals surface area contributed by atoms with E-state index in [9.17, 15) is 4.39 Å². The van der Waals surface area contributed by atoms with Crippen molar-refractivity contribution in [1.82, 2.24) is 10.2 Å². The van der Waals surface area contributed by atoms with E-state index in [-0.39, 0.29) is 18.2 Å². The minimum atomic E-state index is -0.119. The first kappa shape index (κ1) is 16.9. The number of rotatable bonds is 4. The first-order chi connectivity index (χ1) is 8.65. The molecule has 1 aromatic carbocycles. The van der Waals surface area contributed by atoms with Crippen molar-refractivity contribution in [2.45, 2.75) is 19.4 Å². The van der Waals surface area contributed by atoms with E-state index in [0.29, 0.717) is 12.5 Å². The van der Waals surface area contributed by atoms with E-state index in [1.165, 1.54) is 18.9 Å². The van der Waals surface area contributed by atoms with Gasteiger partial charge in [-0.25, -0.2) is 4.39 Å². The fraction of sp³-hybridized carbons (Fsp3) is 0.571. The SMILES string of the molecule is CN(Cc1cc(Br)ccc1F)CC1CCCNC1.Cl. The predicted octanol–water partition coefficient (Wildman–Crippen LogP) is 3.44. The van der Waals surface area contributed by atoms with Crippen LogP contribution in [0.1, 0.15) is 18.4 Å². The third kappa shape index (κ3) is 5.38. The second-order valence-corrected chi connectivity index (χ2v) is 6.06. The van der Waals surface area contributed by atoms with Crippen molar-refractivity contribution in [1.29, 1.82) is 0 Å². The monoisotopic (exact) mass is 350 g/mol. The number of benzene rings is 1. The first-order valence-electron chi connectivity index (χ1n) is 6.48. The normalized spacial score (nSPS) is 19.3. The minimum Gasteiger partial charge on any atom is -0.316 e. The summed E-state index contributed by atoms with van der Waals surface area (Å²) in [5.74, 6) is 0.575. The van der Waals surface area contributed by atoms with Crippen LogP contribution in [0, 0.1) is 11.7 Å². The summed E-state index contributed by atoms with van der Waals surface area (Å²) in [5, 5.41) is 3.42. The Kier molecular flexibility index (Phi) is 7.29. The van der Waals surface area contributed by atoms with Crippen LogP contribution >= 0.6 is 28.3 Å². The molecule has 1 unspecified atom stereocenters. The van der Waals surface area contributed by atoms with Gasteiger partial charge in [-0.1, -0.05) is 15.9 Å². The average molecular weight is 352 g/mol. The number of nitrogens with zero attached hydrogens (tertiary/aromatic N) is 1. The highest BCUT2D eigenvalue weighted by Crippen LogP contribution is 2.18. The number of piperidine rings is 1. The summed E-state index contributed by atoms with van der Waals surface area (Å²) in [5.41, 5.74) is 0.760. The molecular formula is C14H21BrClFN2. The summed E-state index contributed by atoms with van der Waals surface area (Å²) in [6, 6.07) is 5.13. The smallest absolute Gasteiger partial charge is 0.127 e. The molecule has 1 saturated heterocycles. The Labute approximate surface area is 129 Å². The van der Waals surface area contributed by atoms with Crippen LogP contribution in [-0.2, 0) is 6.54 Å². The topological polar surface area (TPSA) is 15.3 Å². The molecule has 0 bridgehead atoms. The third-order valence-electron chi connectivity index (χ3n) is 3.42. The molecule has 2 rings (SSSR count). The van der Waals surface area contributed by atoms with Gasteiger partial charge in [0, 0.05) is 23.1 Å². The molecule has 0 amide bonds. The summed E-state index contributed by atoms with van der Waals surface area (Å²) < 4.78 is 14.6. The number of halogens is 3. The standard InChI is InChI=1S/C14H20BrFN2.ClH/c1-18(9-11-3-2-6-17-8-11)10-12-7-13(15)4-5-14(12)16;/h4-5,7,11,17H,2-3,6,8-10H2,1H3;1H. The van der Waals surface area contributed by atoms with Crippen LogP contribution in [0.15, 0.2) is 22.7 Å². The lowest BCUT2D eigenvalue weighted by Gasteiger charge is -2.27. The van der Waals surface area contributed by atoms with E-state index in [1.807, 2.05) is 6.07 Å². The van der Waals surface area contributed by atoms with Gasteiger partial charge in [0.25, 0.3) is 0 Å². The molecule has 1 heterocycles. The molecule has 1 aliphatic rings. The second kappa shape index (κ2) is 8.20. The molecule has 0 radical (unpaired) electrons. The molecule has 2 nitrogen and oxygen atoms in total. The lowest BCUT2D eigenvalue weighted by atomic mass is 9.99. The van der Waals surface area contributed by atoms with Crippen LogP contribution in [-0.4, -0.2) is 31.6 Å². The van der Waals surface area contributed by atoms with Gasteiger partial charge in [-0.15, -0.1) is 12.4 Å². The van der Waals surface area contributed by atoms with E-state index < -0.39 is 0 Å². The molecule has 1 N–H and O–H groups in total. The van der Waals surface area contributed by atoms with Gasteiger partial charge >= 0.3 is 0 Å². The van der Waals surface area contributed by atoms with Crippen LogP contribution in [0.3, 0.4) is 0 Å². The van der Waals surface area contributed by atoms with Gasteiger partial charge in [0.2, 0.25) is 0 Å². The van der Waals surface area contributed by atoms with Gasteiger partial charge < -0.3 is 10.2 Å².